The van der Waals surface area contributed by atoms with Gasteiger partial charge in [-0.3, -0.25) is 4.55 Å². The topological polar surface area (TPSA) is 300 Å². The maximum absolute atomic E-state index is 12.0. The molecule has 0 saturated carbocycles. The van der Waals surface area contributed by atoms with E-state index in [1.807, 2.05) is 0 Å². The summed E-state index contributed by atoms with van der Waals surface area (Å²) < 4.78 is 98.2. The predicted molar refractivity (Wildman–Crippen MR) is 205 cm³/mol. The average molecular weight is 874 g/mol. The van der Waals surface area contributed by atoms with Crippen LogP contribution in [0.4, 0.5) is 34.1 Å². The number of hydrogen-bond donors (Lipinski definition) is 9. The van der Waals surface area contributed by atoms with E-state index < -0.39 is 58.8 Å². The first-order valence-electron chi connectivity index (χ1n) is 15.4. The van der Waals surface area contributed by atoms with Crippen LogP contribution in [0.2, 0.25) is 0 Å². The molecule has 0 amide bonds. The van der Waals surface area contributed by atoms with Crippen LogP contribution < -0.4 is 4.74 Å². The minimum Gasteiger partial charge on any atom is -0.506 e. The molecule has 0 aromatic heterocycles. The van der Waals surface area contributed by atoms with E-state index in [4.69, 9.17) is 4.74 Å². The Morgan fingerprint density at radius 1 is 0.571 bits per heavy atom. The zero-order chi connectivity index (χ0) is 39.9. The summed E-state index contributed by atoms with van der Waals surface area (Å²) in [7, 11) is -11.8. The largest absolute Gasteiger partial charge is 0.506 e. The molecule has 9 N–H and O–H groups in total. The number of rotatable bonds is 10. The molecule has 0 aliphatic heterocycles. The van der Waals surface area contributed by atoms with Gasteiger partial charge in [0.25, 0.3) is 10.1 Å². The van der Waals surface area contributed by atoms with Gasteiger partial charge in [0, 0.05) is 45.4 Å². The van der Waals surface area contributed by atoms with Crippen LogP contribution in [0.1, 0.15) is 5.56 Å². The van der Waals surface area contributed by atoms with E-state index in [1.165, 1.54) is 61.7 Å². The zero-order valence-corrected chi connectivity index (χ0v) is 32.0. The van der Waals surface area contributed by atoms with Crippen LogP contribution in [0.5, 0.6) is 17.2 Å². The SMILES string of the molecule is COc1cc(N=Nc2c(S(O)(O)O)cc3cc(C)ccc3c2O)c(O)cc1N=Nc1ccc(N=Nc2cccc(S(O)(O)O)c2)c2ccc(S(=O)(=O)O)cc12.[Cu]. The van der Waals surface area contributed by atoms with Crippen molar-refractivity contribution in [3.8, 4) is 17.2 Å². The van der Waals surface area contributed by atoms with Gasteiger partial charge in [-0.05, 0) is 60.8 Å². The number of fused-ring (bicyclic) bond motifs is 2. The molecule has 0 fully saturated rings. The van der Waals surface area contributed by atoms with Crippen molar-refractivity contribution in [3.63, 3.8) is 0 Å². The molecule has 0 atom stereocenters. The predicted octanol–water partition coefficient (Wildman–Crippen LogP) is 11.4. The summed E-state index contributed by atoms with van der Waals surface area (Å²) in [4.78, 5) is -1.15. The third-order valence-electron chi connectivity index (χ3n) is 7.95. The van der Waals surface area contributed by atoms with Gasteiger partial charge in [-0.2, -0.15) is 13.5 Å². The number of phenols is 2. The van der Waals surface area contributed by atoms with Crippen molar-refractivity contribution in [1.29, 1.82) is 0 Å². The first-order valence-corrected chi connectivity index (χ1v) is 19.9. The second kappa shape index (κ2) is 16.2. The Balaban J connectivity index is 0.00000600. The van der Waals surface area contributed by atoms with E-state index in [-0.39, 0.29) is 66.9 Å². The number of aryl methyl sites for hydroxylation is 1. The van der Waals surface area contributed by atoms with Crippen molar-refractivity contribution in [1.82, 2.24) is 0 Å². The molecule has 0 unspecified atom stereocenters. The molecule has 18 nitrogen and oxygen atoms in total. The van der Waals surface area contributed by atoms with Gasteiger partial charge in [0.15, 0.2) is 5.75 Å². The molecule has 6 aromatic rings. The Bertz CT molecular complexity index is 2700. The number of aromatic hydroxyl groups is 2. The second-order valence-corrected chi connectivity index (χ2v) is 16.1. The van der Waals surface area contributed by atoms with Gasteiger partial charge in [0.2, 0.25) is 0 Å². The summed E-state index contributed by atoms with van der Waals surface area (Å²) in [5.41, 5.74) is 0.536. The molecule has 6 rings (SSSR count). The normalized spacial score (nSPS) is 13.2. The molecule has 0 saturated heterocycles. The summed E-state index contributed by atoms with van der Waals surface area (Å²) in [6.07, 6.45) is 0. The van der Waals surface area contributed by atoms with Gasteiger partial charge in [-0.15, -0.1) is 25.6 Å². The molecule has 0 heterocycles. The number of ether oxygens (including phenoxy) is 1. The van der Waals surface area contributed by atoms with Crippen LogP contribution >= 0.6 is 21.7 Å². The van der Waals surface area contributed by atoms with E-state index in [0.29, 0.717) is 10.8 Å². The van der Waals surface area contributed by atoms with Crippen LogP contribution in [0.25, 0.3) is 21.5 Å². The molecular formula is C34H30CuN6O12S3. The fourth-order valence-corrected chi connectivity index (χ4v) is 7.04. The number of phenolic OH excluding ortho intramolecular Hbond substituents is 2. The summed E-state index contributed by atoms with van der Waals surface area (Å²) in [6, 6.07) is 20.5. The van der Waals surface area contributed by atoms with Gasteiger partial charge in [-0.1, -0.05) is 35.9 Å². The maximum atomic E-state index is 12.0. The van der Waals surface area contributed by atoms with Crippen molar-refractivity contribution in [2.45, 2.75) is 21.6 Å². The van der Waals surface area contributed by atoms with Gasteiger partial charge >= 0.3 is 0 Å². The monoisotopic (exact) mass is 873 g/mol. The Labute approximate surface area is 331 Å². The zero-order valence-electron chi connectivity index (χ0n) is 28.6. The molecular weight excluding hydrogens is 844 g/mol. The second-order valence-electron chi connectivity index (χ2n) is 11.7. The minimum absolute atomic E-state index is 0. The molecule has 56 heavy (non-hydrogen) atoms. The van der Waals surface area contributed by atoms with Crippen molar-refractivity contribution < 1.29 is 72.3 Å². The van der Waals surface area contributed by atoms with Crippen LogP contribution in [-0.4, -0.2) is 57.6 Å². The third-order valence-corrected chi connectivity index (χ3v) is 10.6. The first-order chi connectivity index (χ1) is 25.8. The van der Waals surface area contributed by atoms with E-state index in [1.54, 1.807) is 25.1 Å². The van der Waals surface area contributed by atoms with E-state index >= 15 is 0 Å². The van der Waals surface area contributed by atoms with Crippen molar-refractivity contribution >= 4 is 87.5 Å². The first kappa shape index (κ1) is 42.1. The van der Waals surface area contributed by atoms with Crippen LogP contribution in [0, 0.1) is 6.92 Å². The average Bonchev–Trinajstić information content (AvgIpc) is 3.12. The van der Waals surface area contributed by atoms with E-state index in [0.717, 1.165) is 23.8 Å². The fraction of sp³-hybridized carbons (Fsp3) is 0.0588. The van der Waals surface area contributed by atoms with E-state index in [9.17, 15) is 50.5 Å². The number of benzene rings is 6. The Kier molecular flexibility index (Phi) is 12.2. The number of hydrogen-bond acceptors (Lipinski definition) is 17. The van der Waals surface area contributed by atoms with Crippen LogP contribution in [-0.2, 0) is 27.2 Å². The summed E-state index contributed by atoms with van der Waals surface area (Å²) in [5.74, 6) is -1.00. The van der Waals surface area contributed by atoms with Crippen LogP contribution in [0.15, 0.2) is 136 Å². The van der Waals surface area contributed by atoms with Crippen molar-refractivity contribution in [2.75, 3.05) is 7.11 Å². The minimum atomic E-state index is -4.66. The molecule has 0 bridgehead atoms. The Morgan fingerprint density at radius 2 is 1.21 bits per heavy atom. The molecule has 0 aliphatic rings. The Hall–Kier alpha value is -5.07. The Morgan fingerprint density at radius 3 is 1.88 bits per heavy atom. The van der Waals surface area contributed by atoms with E-state index in [2.05, 4.69) is 30.7 Å². The van der Waals surface area contributed by atoms with Crippen molar-refractivity contribution in [3.05, 3.63) is 96.6 Å². The van der Waals surface area contributed by atoms with Crippen molar-refractivity contribution in [2.24, 2.45) is 30.7 Å². The van der Waals surface area contributed by atoms with Gasteiger partial charge < -0.3 is 42.3 Å². The van der Waals surface area contributed by atoms with Gasteiger partial charge in [0.05, 0.1) is 38.9 Å². The number of methoxy groups -OCH3 is 1. The summed E-state index contributed by atoms with van der Waals surface area (Å²) >= 11 is 0. The maximum Gasteiger partial charge on any atom is 0.294 e. The molecule has 1 radical (unpaired) electrons. The molecule has 22 heteroatoms. The van der Waals surface area contributed by atoms with Gasteiger partial charge in [-0.25, -0.2) is 0 Å². The summed E-state index contributed by atoms with van der Waals surface area (Å²) in [6.45, 7) is 1.79. The quantitative estimate of drug-likeness (QED) is 0.0353. The molecule has 297 valence electrons. The molecule has 0 spiro atoms. The standard InChI is InChI=1S/C34H30N6O12S3.Cu/c1-18-6-8-23-19(12-18)13-32(55(49,50)51)33(34(23)42)40-38-28-17-31(52-2)29(16-30(28)41)39-37-27-11-10-26(24-9-7-22(15-25(24)27)54(46,47)48)36-35-20-4-3-5-21(14-20)53(43,44)45;/h3-17,41-45,49-51H,1-2H3,(H,46,47,48);. The van der Waals surface area contributed by atoms with Crippen LogP contribution in [0.3, 0.4) is 0 Å². The number of nitrogens with zero attached hydrogens (tertiary/aromatic N) is 6. The van der Waals surface area contributed by atoms with Gasteiger partial charge in [0.1, 0.15) is 50.3 Å². The smallest absolute Gasteiger partial charge is 0.294 e. The number of azo groups is 3. The molecule has 6 aromatic carbocycles. The third kappa shape index (κ3) is 9.13. The summed E-state index contributed by atoms with van der Waals surface area (Å²) in [5, 5.41) is 47.5. The molecule has 0 aliphatic carbocycles. The fourth-order valence-electron chi connectivity index (χ4n) is 5.32.